The summed E-state index contributed by atoms with van der Waals surface area (Å²) in [6.07, 6.45) is 1.45. The first-order valence-electron chi connectivity index (χ1n) is 7.81. The molecule has 1 aromatic carbocycles. The molecule has 1 aromatic rings. The normalized spacial score (nSPS) is 11.6. The Labute approximate surface area is 146 Å². The molecule has 9 nitrogen and oxygen atoms in total. The van der Waals surface area contributed by atoms with Crippen molar-refractivity contribution in [3.8, 4) is 0 Å². The number of anilines is 1. The van der Waals surface area contributed by atoms with Crippen molar-refractivity contribution in [2.75, 3.05) is 18.5 Å². The molecule has 5 N–H and O–H groups in total. The molecule has 0 bridgehead atoms. The molecule has 1 rings (SSSR count). The summed E-state index contributed by atoms with van der Waals surface area (Å²) in [5.41, 5.74) is 1.19. The van der Waals surface area contributed by atoms with Crippen LogP contribution in [-0.2, 0) is 14.3 Å². The van der Waals surface area contributed by atoms with Gasteiger partial charge in [-0.25, -0.2) is 9.59 Å². The monoisotopic (exact) mass is 349 g/mol. The number of esters is 1. The highest BCUT2D eigenvalue weighted by Crippen LogP contribution is 2.12. The van der Waals surface area contributed by atoms with Gasteiger partial charge in [-0.1, -0.05) is 18.2 Å². The van der Waals surface area contributed by atoms with Gasteiger partial charge in [-0.05, 0) is 19.9 Å². The maximum atomic E-state index is 11.9. The van der Waals surface area contributed by atoms with Crippen molar-refractivity contribution < 1.29 is 19.1 Å². The summed E-state index contributed by atoms with van der Waals surface area (Å²) in [5, 5.41) is 11.1. The molecule has 0 aromatic heterocycles. The molecule has 0 fully saturated rings. The van der Waals surface area contributed by atoms with Crippen LogP contribution in [0.4, 0.5) is 10.5 Å². The third-order valence-electron chi connectivity index (χ3n) is 3.08. The van der Waals surface area contributed by atoms with Gasteiger partial charge in [-0.15, -0.1) is 0 Å². The van der Waals surface area contributed by atoms with Gasteiger partial charge in [-0.3, -0.25) is 4.79 Å². The van der Waals surface area contributed by atoms with Crippen LogP contribution in [0, 0.1) is 0 Å². The lowest BCUT2D eigenvalue weighted by Crippen LogP contribution is -2.41. The predicted molar refractivity (Wildman–Crippen MR) is 94.1 cm³/mol. The van der Waals surface area contributed by atoms with E-state index in [4.69, 9.17) is 10.6 Å². The standard InChI is InChI=1S/C16H23N5O4/c1-3-25-15(23)11(2)20-14(22)8-9-18-16(24)21-13-7-5-4-6-12(13)10-19-17/h4-7,10-11H,3,8-9,17H2,1-2H3,(H,20,22)(H2,18,21,24). The van der Waals surface area contributed by atoms with Gasteiger partial charge in [0.2, 0.25) is 5.91 Å². The fourth-order valence-corrected chi connectivity index (χ4v) is 1.90. The van der Waals surface area contributed by atoms with E-state index >= 15 is 0 Å². The molecule has 9 heteroatoms. The third kappa shape index (κ3) is 7.34. The number of carbonyl (C=O) groups is 3. The molecule has 0 saturated carbocycles. The zero-order valence-electron chi connectivity index (χ0n) is 14.2. The number of hydrogen-bond acceptors (Lipinski definition) is 6. The summed E-state index contributed by atoms with van der Waals surface area (Å²) < 4.78 is 4.79. The second kappa shape index (κ2) is 10.6. The summed E-state index contributed by atoms with van der Waals surface area (Å²) >= 11 is 0. The van der Waals surface area contributed by atoms with E-state index in [1.807, 2.05) is 0 Å². The smallest absolute Gasteiger partial charge is 0.328 e. The number of rotatable bonds is 8. The number of hydrazone groups is 1. The molecule has 3 amide bonds. The third-order valence-corrected chi connectivity index (χ3v) is 3.08. The van der Waals surface area contributed by atoms with Crippen LogP contribution in [0.25, 0.3) is 0 Å². The zero-order valence-corrected chi connectivity index (χ0v) is 14.2. The van der Waals surface area contributed by atoms with Crippen molar-refractivity contribution in [3.63, 3.8) is 0 Å². The second-order valence-electron chi connectivity index (χ2n) is 5.04. The van der Waals surface area contributed by atoms with Crippen LogP contribution in [0.15, 0.2) is 29.4 Å². The van der Waals surface area contributed by atoms with Gasteiger partial charge in [-0.2, -0.15) is 5.10 Å². The number of ether oxygens (including phenoxy) is 1. The first kappa shape index (κ1) is 19.9. The lowest BCUT2D eigenvalue weighted by atomic mass is 10.2. The largest absolute Gasteiger partial charge is 0.464 e. The molecule has 0 radical (unpaired) electrons. The van der Waals surface area contributed by atoms with Gasteiger partial charge >= 0.3 is 12.0 Å². The quantitative estimate of drug-likeness (QED) is 0.235. The lowest BCUT2D eigenvalue weighted by molar-refractivity contribution is -0.146. The molecule has 0 aliphatic rings. The number of nitrogens with zero attached hydrogens (tertiary/aromatic N) is 1. The first-order valence-corrected chi connectivity index (χ1v) is 7.81. The van der Waals surface area contributed by atoms with E-state index in [0.717, 1.165) is 0 Å². The number of nitrogens with two attached hydrogens (primary N) is 1. The number of para-hydroxylation sites is 1. The molecule has 0 heterocycles. The van der Waals surface area contributed by atoms with E-state index < -0.39 is 18.0 Å². The summed E-state index contributed by atoms with van der Waals surface area (Å²) in [4.78, 5) is 35.0. The van der Waals surface area contributed by atoms with Crippen LogP contribution in [0.1, 0.15) is 25.8 Å². The Kier molecular flexibility index (Phi) is 8.48. The van der Waals surface area contributed by atoms with E-state index in [2.05, 4.69) is 21.1 Å². The Morgan fingerprint density at radius 3 is 2.72 bits per heavy atom. The molecular weight excluding hydrogens is 326 g/mol. The highest BCUT2D eigenvalue weighted by atomic mass is 16.5. The number of carbonyl (C=O) groups excluding carboxylic acids is 3. The van der Waals surface area contributed by atoms with Gasteiger partial charge in [0.25, 0.3) is 0 Å². The first-order chi connectivity index (χ1) is 12.0. The SMILES string of the molecule is CCOC(=O)C(C)NC(=O)CCNC(=O)Nc1ccccc1C=NN. The second-order valence-corrected chi connectivity index (χ2v) is 5.04. The Balaban J connectivity index is 2.38. The average Bonchev–Trinajstić information content (AvgIpc) is 2.57. The van der Waals surface area contributed by atoms with Crippen LogP contribution in [-0.4, -0.2) is 43.3 Å². The summed E-state index contributed by atoms with van der Waals surface area (Å²) in [6, 6.07) is 5.79. The number of nitrogens with one attached hydrogen (secondary N) is 3. The van der Waals surface area contributed by atoms with Crippen LogP contribution in [0.5, 0.6) is 0 Å². The Bertz CT molecular complexity index is 633. The molecular formula is C16H23N5O4. The number of benzene rings is 1. The molecule has 0 aliphatic heterocycles. The number of urea groups is 1. The van der Waals surface area contributed by atoms with E-state index in [9.17, 15) is 14.4 Å². The molecule has 1 atom stereocenters. The zero-order chi connectivity index (χ0) is 18.7. The van der Waals surface area contributed by atoms with Crippen molar-refractivity contribution in [1.29, 1.82) is 0 Å². The van der Waals surface area contributed by atoms with Crippen LogP contribution in [0.3, 0.4) is 0 Å². The van der Waals surface area contributed by atoms with Crippen molar-refractivity contribution in [3.05, 3.63) is 29.8 Å². The van der Waals surface area contributed by atoms with Crippen molar-refractivity contribution in [2.45, 2.75) is 26.3 Å². The van der Waals surface area contributed by atoms with Gasteiger partial charge in [0.05, 0.1) is 18.5 Å². The maximum absolute atomic E-state index is 11.9. The molecule has 136 valence electrons. The Morgan fingerprint density at radius 1 is 1.32 bits per heavy atom. The topological polar surface area (TPSA) is 135 Å². The molecule has 0 aliphatic carbocycles. The van der Waals surface area contributed by atoms with Crippen molar-refractivity contribution in [2.24, 2.45) is 10.9 Å². The summed E-state index contributed by atoms with van der Waals surface area (Å²) in [5.74, 6) is 4.25. The van der Waals surface area contributed by atoms with Crippen molar-refractivity contribution in [1.82, 2.24) is 10.6 Å². The average molecular weight is 349 g/mol. The van der Waals surface area contributed by atoms with E-state index in [0.29, 0.717) is 11.3 Å². The summed E-state index contributed by atoms with van der Waals surface area (Å²) in [6.45, 7) is 3.58. The maximum Gasteiger partial charge on any atom is 0.328 e. The minimum Gasteiger partial charge on any atom is -0.464 e. The van der Waals surface area contributed by atoms with Gasteiger partial charge in [0.15, 0.2) is 0 Å². The van der Waals surface area contributed by atoms with E-state index in [1.165, 1.54) is 13.1 Å². The fourth-order valence-electron chi connectivity index (χ4n) is 1.90. The Morgan fingerprint density at radius 2 is 2.04 bits per heavy atom. The van der Waals surface area contributed by atoms with Gasteiger partial charge in [0, 0.05) is 18.5 Å². The molecule has 0 spiro atoms. The van der Waals surface area contributed by atoms with E-state index in [1.54, 1.807) is 31.2 Å². The van der Waals surface area contributed by atoms with Crippen LogP contribution < -0.4 is 21.8 Å². The lowest BCUT2D eigenvalue weighted by Gasteiger charge is -2.13. The molecule has 0 saturated heterocycles. The summed E-state index contributed by atoms with van der Waals surface area (Å²) in [7, 11) is 0. The predicted octanol–water partition coefficient (Wildman–Crippen LogP) is 0.559. The Hall–Kier alpha value is -3.10. The molecule has 25 heavy (non-hydrogen) atoms. The minimum atomic E-state index is -0.733. The van der Waals surface area contributed by atoms with E-state index in [-0.39, 0.29) is 25.5 Å². The van der Waals surface area contributed by atoms with Gasteiger partial charge in [0.1, 0.15) is 6.04 Å². The minimum absolute atomic E-state index is 0.0308. The van der Waals surface area contributed by atoms with Gasteiger partial charge < -0.3 is 26.5 Å². The molecule has 1 unspecified atom stereocenters. The van der Waals surface area contributed by atoms with Crippen LogP contribution in [0.2, 0.25) is 0 Å². The fraction of sp³-hybridized carbons (Fsp3) is 0.375. The van der Waals surface area contributed by atoms with Crippen LogP contribution >= 0.6 is 0 Å². The highest BCUT2D eigenvalue weighted by Gasteiger charge is 2.16. The van der Waals surface area contributed by atoms with Crippen molar-refractivity contribution >= 4 is 29.8 Å². The number of amides is 3. The highest BCUT2D eigenvalue weighted by molar-refractivity contribution is 5.96. The number of hydrogen-bond donors (Lipinski definition) is 4.